The fourth-order valence-electron chi connectivity index (χ4n) is 1.40. The molecule has 0 bridgehead atoms. The van der Waals surface area contributed by atoms with E-state index in [0.717, 1.165) is 16.5 Å². The lowest BCUT2D eigenvalue weighted by molar-refractivity contribution is 0.579. The maximum absolute atomic E-state index is 11.9. The number of hydrogen-bond donors (Lipinski definition) is 2. The normalized spacial score (nSPS) is 24.4. The van der Waals surface area contributed by atoms with Crippen molar-refractivity contribution in [3.63, 3.8) is 0 Å². The first-order valence-corrected chi connectivity index (χ1v) is 7.22. The van der Waals surface area contributed by atoms with Gasteiger partial charge in [0.25, 0.3) is 0 Å². The average molecular weight is 305 g/mol. The summed E-state index contributed by atoms with van der Waals surface area (Å²) in [7, 11) is -3.42. The smallest absolute Gasteiger partial charge is 0.240 e. The summed E-state index contributed by atoms with van der Waals surface area (Å²) >= 11 is 3.33. The fraction of sp³-hybridized carbons (Fsp3) is 0.400. The molecule has 6 heteroatoms. The van der Waals surface area contributed by atoms with Crippen LogP contribution in [-0.4, -0.2) is 20.5 Å². The van der Waals surface area contributed by atoms with Crippen molar-refractivity contribution >= 4 is 26.0 Å². The van der Waals surface area contributed by atoms with E-state index in [1.807, 2.05) is 6.92 Å². The zero-order valence-electron chi connectivity index (χ0n) is 8.77. The first-order chi connectivity index (χ1) is 7.40. The molecule has 88 valence electrons. The number of sulfonamides is 1. The molecule has 0 aliphatic heterocycles. The van der Waals surface area contributed by atoms with Crippen LogP contribution in [0.1, 0.15) is 12.0 Å². The van der Waals surface area contributed by atoms with Crippen LogP contribution in [0.25, 0.3) is 0 Å². The SMILES string of the molecule is Cc1cc(S(=O)(=O)NC2CC2N)ccc1Br. The zero-order chi connectivity index (χ0) is 11.9. The highest BCUT2D eigenvalue weighted by Crippen LogP contribution is 2.23. The van der Waals surface area contributed by atoms with Crippen molar-refractivity contribution in [1.29, 1.82) is 0 Å². The number of halogens is 1. The second-order valence-corrected chi connectivity index (χ2v) is 6.61. The molecule has 0 amide bonds. The van der Waals surface area contributed by atoms with Gasteiger partial charge in [0.1, 0.15) is 0 Å². The van der Waals surface area contributed by atoms with Gasteiger partial charge in [-0.2, -0.15) is 0 Å². The summed E-state index contributed by atoms with van der Waals surface area (Å²) in [6.45, 7) is 1.85. The summed E-state index contributed by atoms with van der Waals surface area (Å²) in [5.74, 6) is 0. The van der Waals surface area contributed by atoms with Crippen LogP contribution in [-0.2, 0) is 10.0 Å². The van der Waals surface area contributed by atoms with Crippen LogP contribution in [0.4, 0.5) is 0 Å². The first kappa shape index (κ1) is 12.0. The van der Waals surface area contributed by atoms with Gasteiger partial charge in [-0.1, -0.05) is 15.9 Å². The molecule has 2 atom stereocenters. The summed E-state index contributed by atoms with van der Waals surface area (Å²) in [6.07, 6.45) is 0.717. The van der Waals surface area contributed by atoms with Crippen LogP contribution in [0.2, 0.25) is 0 Å². The number of aryl methyl sites for hydroxylation is 1. The van der Waals surface area contributed by atoms with E-state index in [9.17, 15) is 8.42 Å². The summed E-state index contributed by atoms with van der Waals surface area (Å²) < 4.78 is 27.3. The molecule has 2 rings (SSSR count). The molecule has 1 saturated carbocycles. The molecule has 2 unspecified atom stereocenters. The van der Waals surface area contributed by atoms with Gasteiger partial charge in [-0.3, -0.25) is 0 Å². The van der Waals surface area contributed by atoms with Gasteiger partial charge in [0.05, 0.1) is 4.90 Å². The molecule has 1 aliphatic rings. The molecule has 0 aromatic heterocycles. The van der Waals surface area contributed by atoms with Crippen molar-refractivity contribution in [2.45, 2.75) is 30.3 Å². The van der Waals surface area contributed by atoms with E-state index in [2.05, 4.69) is 20.7 Å². The van der Waals surface area contributed by atoms with Crippen molar-refractivity contribution in [1.82, 2.24) is 4.72 Å². The Morgan fingerprint density at radius 1 is 1.50 bits per heavy atom. The second kappa shape index (κ2) is 4.10. The maximum Gasteiger partial charge on any atom is 0.240 e. The van der Waals surface area contributed by atoms with Gasteiger partial charge >= 0.3 is 0 Å². The van der Waals surface area contributed by atoms with Crippen molar-refractivity contribution < 1.29 is 8.42 Å². The number of hydrogen-bond acceptors (Lipinski definition) is 3. The van der Waals surface area contributed by atoms with E-state index in [1.54, 1.807) is 18.2 Å². The van der Waals surface area contributed by atoms with Crippen molar-refractivity contribution in [2.75, 3.05) is 0 Å². The molecule has 1 aromatic rings. The monoisotopic (exact) mass is 304 g/mol. The lowest BCUT2D eigenvalue weighted by Gasteiger charge is -2.07. The van der Waals surface area contributed by atoms with Gasteiger partial charge in [-0.05, 0) is 37.1 Å². The van der Waals surface area contributed by atoms with E-state index in [4.69, 9.17) is 5.73 Å². The molecule has 1 aromatic carbocycles. The zero-order valence-corrected chi connectivity index (χ0v) is 11.2. The van der Waals surface area contributed by atoms with Crippen molar-refractivity contribution in [2.24, 2.45) is 5.73 Å². The Kier molecular flexibility index (Phi) is 3.09. The van der Waals surface area contributed by atoms with Crippen LogP contribution in [0.5, 0.6) is 0 Å². The predicted octanol–water partition coefficient (Wildman–Crippen LogP) is 1.14. The Hall–Kier alpha value is -0.430. The molecule has 16 heavy (non-hydrogen) atoms. The Labute approximate surface area is 103 Å². The Balaban J connectivity index is 2.25. The first-order valence-electron chi connectivity index (χ1n) is 4.94. The Morgan fingerprint density at radius 3 is 2.62 bits per heavy atom. The van der Waals surface area contributed by atoms with Crippen LogP contribution >= 0.6 is 15.9 Å². The summed E-state index contributed by atoms with van der Waals surface area (Å²) in [5, 5.41) is 0. The quantitative estimate of drug-likeness (QED) is 0.879. The highest BCUT2D eigenvalue weighted by atomic mass is 79.9. The minimum Gasteiger partial charge on any atom is -0.326 e. The van der Waals surface area contributed by atoms with Crippen LogP contribution < -0.4 is 10.5 Å². The largest absolute Gasteiger partial charge is 0.326 e. The fourth-order valence-corrected chi connectivity index (χ4v) is 3.03. The van der Waals surface area contributed by atoms with Crippen molar-refractivity contribution in [3.05, 3.63) is 28.2 Å². The van der Waals surface area contributed by atoms with Gasteiger partial charge in [-0.15, -0.1) is 0 Å². The molecule has 4 nitrogen and oxygen atoms in total. The number of benzene rings is 1. The van der Waals surface area contributed by atoms with Gasteiger partial charge in [0.2, 0.25) is 10.0 Å². The third-order valence-electron chi connectivity index (χ3n) is 2.59. The lowest BCUT2D eigenvalue weighted by Crippen LogP contribution is -2.29. The molecule has 0 heterocycles. The summed E-state index contributed by atoms with van der Waals surface area (Å²) in [5.41, 5.74) is 6.46. The Bertz CT molecular complexity index is 516. The minimum atomic E-state index is -3.42. The van der Waals surface area contributed by atoms with Gasteiger partial charge < -0.3 is 5.73 Å². The standard InChI is InChI=1S/C10H13BrN2O2S/c1-6-4-7(2-3-8(6)11)16(14,15)13-10-5-9(10)12/h2-4,9-10,13H,5,12H2,1H3. The molecule has 1 aliphatic carbocycles. The molecule has 0 spiro atoms. The second-order valence-electron chi connectivity index (χ2n) is 4.04. The van der Waals surface area contributed by atoms with Crippen LogP contribution in [0.3, 0.4) is 0 Å². The molecule has 0 saturated heterocycles. The number of rotatable bonds is 3. The van der Waals surface area contributed by atoms with E-state index < -0.39 is 10.0 Å². The minimum absolute atomic E-state index is 0.0358. The maximum atomic E-state index is 11.9. The van der Waals surface area contributed by atoms with E-state index in [0.29, 0.717) is 0 Å². The number of nitrogens with one attached hydrogen (secondary N) is 1. The van der Waals surface area contributed by atoms with Crippen molar-refractivity contribution in [3.8, 4) is 0 Å². The highest BCUT2D eigenvalue weighted by Gasteiger charge is 2.37. The topological polar surface area (TPSA) is 72.2 Å². The summed E-state index contributed by atoms with van der Waals surface area (Å²) in [6, 6.07) is 4.81. The molecule has 3 N–H and O–H groups in total. The van der Waals surface area contributed by atoms with Gasteiger partial charge in [0, 0.05) is 16.6 Å². The van der Waals surface area contributed by atoms with E-state index in [-0.39, 0.29) is 17.0 Å². The summed E-state index contributed by atoms with van der Waals surface area (Å²) in [4.78, 5) is 0.285. The molecular weight excluding hydrogens is 292 g/mol. The highest BCUT2D eigenvalue weighted by molar-refractivity contribution is 9.10. The molecular formula is C10H13BrN2O2S. The van der Waals surface area contributed by atoms with Gasteiger partial charge in [0.15, 0.2) is 0 Å². The average Bonchev–Trinajstić information content (AvgIpc) is 2.85. The molecule has 0 radical (unpaired) electrons. The van der Waals surface area contributed by atoms with E-state index >= 15 is 0 Å². The molecule has 1 fully saturated rings. The Morgan fingerprint density at radius 2 is 2.12 bits per heavy atom. The van der Waals surface area contributed by atoms with Crippen LogP contribution in [0.15, 0.2) is 27.6 Å². The third-order valence-corrected chi connectivity index (χ3v) is 4.96. The third kappa shape index (κ3) is 2.45. The van der Waals surface area contributed by atoms with Gasteiger partial charge in [-0.25, -0.2) is 13.1 Å². The lowest BCUT2D eigenvalue weighted by atomic mass is 10.2. The predicted molar refractivity (Wildman–Crippen MR) is 65.6 cm³/mol. The van der Waals surface area contributed by atoms with E-state index in [1.165, 1.54) is 0 Å². The number of nitrogens with two attached hydrogens (primary N) is 1. The van der Waals surface area contributed by atoms with Crippen LogP contribution in [0, 0.1) is 6.92 Å².